The molecule has 8 nitrogen and oxygen atoms in total. The number of nitrogens with zero attached hydrogens (tertiary/aromatic N) is 4. The third-order valence-corrected chi connectivity index (χ3v) is 5.96. The van der Waals surface area contributed by atoms with Gasteiger partial charge in [0.1, 0.15) is 12.3 Å². The lowest BCUT2D eigenvalue weighted by molar-refractivity contribution is 0.340. The van der Waals surface area contributed by atoms with Crippen LogP contribution in [0.3, 0.4) is 0 Å². The van der Waals surface area contributed by atoms with Crippen LogP contribution in [-0.2, 0) is 6.54 Å². The molecule has 5 rings (SSSR count). The van der Waals surface area contributed by atoms with Gasteiger partial charge in [0.25, 0.3) is 5.56 Å². The summed E-state index contributed by atoms with van der Waals surface area (Å²) in [4.78, 5) is 31.4. The average molecular weight is 469 g/mol. The Morgan fingerprint density at radius 1 is 0.943 bits per heavy atom. The van der Waals surface area contributed by atoms with Crippen molar-refractivity contribution in [1.82, 2.24) is 19.3 Å². The molecule has 0 amide bonds. The molecule has 0 radical (unpaired) electrons. The van der Waals surface area contributed by atoms with E-state index in [1.807, 2.05) is 57.2 Å². The molecule has 0 fully saturated rings. The van der Waals surface area contributed by atoms with Crippen molar-refractivity contribution in [2.45, 2.75) is 27.3 Å². The van der Waals surface area contributed by atoms with Gasteiger partial charge in [-0.3, -0.25) is 9.36 Å². The summed E-state index contributed by atoms with van der Waals surface area (Å²) in [5.74, 6) is 1.35. The molecule has 2 aromatic heterocycles. The van der Waals surface area contributed by atoms with E-state index in [-0.39, 0.29) is 18.0 Å². The molecule has 8 heteroatoms. The van der Waals surface area contributed by atoms with Crippen LogP contribution in [-0.4, -0.2) is 25.9 Å². The Morgan fingerprint density at radius 3 is 2.57 bits per heavy atom. The number of hydrogen-bond acceptors (Lipinski definition) is 6. The molecule has 0 saturated carbocycles. The van der Waals surface area contributed by atoms with Crippen molar-refractivity contribution in [3.05, 3.63) is 105 Å². The number of aryl methyl sites for hydroxylation is 2. The summed E-state index contributed by atoms with van der Waals surface area (Å²) >= 11 is 0. The minimum atomic E-state index is -0.477. The maximum absolute atomic E-state index is 13.6. The second kappa shape index (κ2) is 9.06. The predicted molar refractivity (Wildman–Crippen MR) is 133 cm³/mol. The topological polar surface area (TPSA) is 92.2 Å². The van der Waals surface area contributed by atoms with Gasteiger partial charge in [-0.05, 0) is 68.3 Å². The Bertz CT molecular complexity index is 1660. The van der Waals surface area contributed by atoms with Gasteiger partial charge in [0, 0.05) is 5.56 Å². The first kappa shape index (κ1) is 22.3. The summed E-state index contributed by atoms with van der Waals surface area (Å²) in [7, 11) is 0. The van der Waals surface area contributed by atoms with E-state index in [4.69, 9.17) is 9.26 Å². The van der Waals surface area contributed by atoms with E-state index in [1.54, 1.807) is 30.3 Å². The van der Waals surface area contributed by atoms with Crippen molar-refractivity contribution < 1.29 is 9.26 Å². The highest BCUT2D eigenvalue weighted by Crippen LogP contribution is 2.22. The predicted octanol–water partition coefficient (Wildman–Crippen LogP) is 4.27. The van der Waals surface area contributed by atoms with Gasteiger partial charge in [-0.1, -0.05) is 35.5 Å². The van der Waals surface area contributed by atoms with Gasteiger partial charge in [-0.2, -0.15) is 4.98 Å². The van der Waals surface area contributed by atoms with E-state index in [0.717, 1.165) is 16.7 Å². The fraction of sp³-hybridized carbons (Fsp3) is 0.185. The zero-order chi connectivity index (χ0) is 24.5. The highest BCUT2D eigenvalue weighted by Gasteiger charge is 2.18. The molecule has 0 aliphatic rings. The van der Waals surface area contributed by atoms with Gasteiger partial charge in [0.05, 0.1) is 23.2 Å². The number of ether oxygens (including phenoxy) is 1. The third-order valence-electron chi connectivity index (χ3n) is 5.96. The quantitative estimate of drug-likeness (QED) is 0.370. The molecule has 3 aromatic carbocycles. The number of rotatable bonds is 6. The van der Waals surface area contributed by atoms with Gasteiger partial charge >= 0.3 is 5.69 Å². The zero-order valence-corrected chi connectivity index (χ0v) is 19.7. The molecule has 2 heterocycles. The average Bonchev–Trinajstić information content (AvgIpc) is 3.33. The van der Waals surface area contributed by atoms with Crippen LogP contribution in [0.5, 0.6) is 5.75 Å². The van der Waals surface area contributed by atoms with Crippen molar-refractivity contribution in [2.75, 3.05) is 6.61 Å². The van der Waals surface area contributed by atoms with E-state index < -0.39 is 5.69 Å². The van der Waals surface area contributed by atoms with Gasteiger partial charge in [0.2, 0.25) is 11.7 Å². The smallest absolute Gasteiger partial charge is 0.336 e. The Morgan fingerprint density at radius 2 is 1.77 bits per heavy atom. The fourth-order valence-electron chi connectivity index (χ4n) is 4.03. The van der Waals surface area contributed by atoms with Crippen LogP contribution in [0.1, 0.15) is 23.9 Å². The molecular weight excluding hydrogens is 444 g/mol. The summed E-state index contributed by atoms with van der Waals surface area (Å²) in [6.07, 6.45) is 0. The Kier molecular flexibility index (Phi) is 5.78. The molecule has 0 N–H and O–H groups in total. The molecule has 5 aromatic rings. The number of aromatic nitrogens is 4. The van der Waals surface area contributed by atoms with Crippen LogP contribution in [0.4, 0.5) is 0 Å². The number of benzene rings is 3. The lowest BCUT2D eigenvalue weighted by atomic mass is 10.1. The monoisotopic (exact) mass is 468 g/mol. The highest BCUT2D eigenvalue weighted by molar-refractivity contribution is 5.78. The molecule has 0 bridgehead atoms. The number of para-hydroxylation sites is 1. The third kappa shape index (κ3) is 4.14. The summed E-state index contributed by atoms with van der Waals surface area (Å²) in [5.41, 5.74) is 2.98. The molecule has 0 saturated heterocycles. The van der Waals surface area contributed by atoms with Crippen LogP contribution >= 0.6 is 0 Å². The first-order valence-corrected chi connectivity index (χ1v) is 11.3. The molecule has 0 spiro atoms. The molecule has 0 unspecified atom stereocenters. The SMILES string of the molecule is CCOc1cccc(-c2noc(Cn3c(=O)n(-c4ccc(C)c(C)c4)c(=O)c4ccccc43)n2)c1. The number of hydrogen-bond donors (Lipinski definition) is 0. The van der Waals surface area contributed by atoms with E-state index in [1.165, 1.54) is 9.13 Å². The van der Waals surface area contributed by atoms with Crippen molar-refractivity contribution >= 4 is 10.9 Å². The normalized spacial score (nSPS) is 11.2. The molecule has 0 aliphatic heterocycles. The van der Waals surface area contributed by atoms with Crippen molar-refractivity contribution in [3.63, 3.8) is 0 Å². The number of fused-ring (bicyclic) bond motifs is 1. The second-order valence-corrected chi connectivity index (χ2v) is 8.27. The maximum Gasteiger partial charge on any atom is 0.336 e. The molecule has 35 heavy (non-hydrogen) atoms. The lowest BCUT2D eigenvalue weighted by Gasteiger charge is -2.13. The first-order chi connectivity index (χ1) is 17.0. The fourth-order valence-corrected chi connectivity index (χ4v) is 4.03. The molecular formula is C27H24N4O4. The Hall–Kier alpha value is -4.46. The van der Waals surface area contributed by atoms with Gasteiger partial charge in [0.15, 0.2) is 0 Å². The van der Waals surface area contributed by atoms with Crippen molar-refractivity contribution in [2.24, 2.45) is 0 Å². The lowest BCUT2D eigenvalue weighted by Crippen LogP contribution is -2.39. The van der Waals surface area contributed by atoms with Gasteiger partial charge < -0.3 is 9.26 Å². The van der Waals surface area contributed by atoms with E-state index in [2.05, 4.69) is 10.1 Å². The van der Waals surface area contributed by atoms with Crippen LogP contribution in [0.2, 0.25) is 0 Å². The standard InChI is InChI=1S/C27H24N4O4/c1-4-34-21-9-7-8-19(15-21)25-28-24(35-29-25)16-30-23-11-6-5-10-22(23)26(32)31(27(30)33)20-13-12-17(2)18(3)14-20/h5-15H,4,16H2,1-3H3. The summed E-state index contributed by atoms with van der Waals surface area (Å²) in [6.45, 7) is 6.41. The summed E-state index contributed by atoms with van der Waals surface area (Å²) in [5, 5.41) is 4.51. The van der Waals surface area contributed by atoms with E-state index >= 15 is 0 Å². The second-order valence-electron chi connectivity index (χ2n) is 8.27. The highest BCUT2D eigenvalue weighted by atomic mass is 16.5. The Labute approximate surface area is 201 Å². The molecule has 0 atom stereocenters. The molecule has 0 aliphatic carbocycles. The van der Waals surface area contributed by atoms with Gasteiger partial charge in [-0.25, -0.2) is 9.36 Å². The minimum Gasteiger partial charge on any atom is -0.494 e. The maximum atomic E-state index is 13.6. The largest absolute Gasteiger partial charge is 0.494 e. The van der Waals surface area contributed by atoms with Crippen molar-refractivity contribution in [3.8, 4) is 22.8 Å². The summed E-state index contributed by atoms with van der Waals surface area (Å²) < 4.78 is 13.7. The van der Waals surface area contributed by atoms with Crippen LogP contribution in [0.25, 0.3) is 28.0 Å². The summed E-state index contributed by atoms with van der Waals surface area (Å²) in [6, 6.07) is 19.9. The Balaban J connectivity index is 1.61. The minimum absolute atomic E-state index is 0.0165. The van der Waals surface area contributed by atoms with Crippen molar-refractivity contribution in [1.29, 1.82) is 0 Å². The molecule has 176 valence electrons. The zero-order valence-electron chi connectivity index (χ0n) is 19.7. The van der Waals surface area contributed by atoms with E-state index in [0.29, 0.717) is 34.8 Å². The van der Waals surface area contributed by atoms with Crippen LogP contribution in [0, 0.1) is 13.8 Å². The van der Waals surface area contributed by atoms with E-state index in [9.17, 15) is 9.59 Å². The van der Waals surface area contributed by atoms with Crippen LogP contribution in [0.15, 0.2) is 80.8 Å². The first-order valence-electron chi connectivity index (χ1n) is 11.3. The van der Waals surface area contributed by atoms with Gasteiger partial charge in [-0.15, -0.1) is 0 Å². The van der Waals surface area contributed by atoms with Crippen LogP contribution < -0.4 is 16.0 Å².